The lowest BCUT2D eigenvalue weighted by Gasteiger charge is -2.43. The molecule has 0 spiro atoms. The summed E-state index contributed by atoms with van der Waals surface area (Å²) in [7, 11) is 2.89. The van der Waals surface area contributed by atoms with E-state index in [-0.39, 0.29) is 40.7 Å². The van der Waals surface area contributed by atoms with E-state index in [1.165, 1.54) is 16.9 Å². The predicted octanol–water partition coefficient (Wildman–Crippen LogP) is 5.76. The van der Waals surface area contributed by atoms with Gasteiger partial charge in [-0.2, -0.15) is 13.2 Å². The lowest BCUT2D eigenvalue weighted by molar-refractivity contribution is -0.138. The molecule has 15 heteroatoms. The summed E-state index contributed by atoms with van der Waals surface area (Å²) in [5.41, 5.74) is 1.58. The Labute approximate surface area is 316 Å². The number of rotatable bonds is 12. The fourth-order valence-electron chi connectivity index (χ4n) is 7.81. The molecule has 290 valence electrons. The van der Waals surface area contributed by atoms with E-state index < -0.39 is 29.0 Å². The molecule has 12 nitrogen and oxygen atoms in total. The number of alkyl halides is 3. The number of benzene rings is 3. The van der Waals surface area contributed by atoms with Crippen molar-refractivity contribution in [3.8, 4) is 0 Å². The van der Waals surface area contributed by atoms with Gasteiger partial charge in [-0.15, -0.1) is 0 Å². The topological polar surface area (TPSA) is 140 Å². The number of carbonyl (C=O) groups excluding carboxylic acids is 3. The van der Waals surface area contributed by atoms with Gasteiger partial charge in [-0.25, -0.2) is 4.79 Å². The number of nitrogens with one attached hydrogen (secondary N) is 2. The smallest absolute Gasteiger partial charge is 0.416 e. The quantitative estimate of drug-likeness (QED) is 0.102. The lowest BCUT2D eigenvalue weighted by Crippen LogP contribution is -2.53. The van der Waals surface area contributed by atoms with Crippen molar-refractivity contribution in [1.82, 2.24) is 4.90 Å². The van der Waals surface area contributed by atoms with Gasteiger partial charge in [0, 0.05) is 73.3 Å². The second kappa shape index (κ2) is 15.1. The summed E-state index contributed by atoms with van der Waals surface area (Å²) in [5.74, 6) is -0.539. The molecule has 3 fully saturated rings. The standard InChI is InChI=1S/C40H43F3N6O6/c1-46(24-44)36(45)16-39(22-54-23-39)27-4-3-5-29(13-27)49-19-34-33(37(49)51)14-30(15-35(34)40(41,42)43)48-17-31(18-48)55-21-25-8-10-47(11-9-25)28-6-7-32(38(52)53-2)26(12-28)20-50/h3-7,12-15,20,24-25,31,44-45H,8-11,16-19,21-23H2,1-2H3. The Hall–Kier alpha value is -5.28. The molecule has 0 unspecified atom stereocenters. The van der Waals surface area contributed by atoms with E-state index in [0.717, 1.165) is 49.6 Å². The van der Waals surface area contributed by atoms with Crippen molar-refractivity contribution in [3.63, 3.8) is 0 Å². The van der Waals surface area contributed by atoms with Crippen LogP contribution in [0.25, 0.3) is 0 Å². The van der Waals surface area contributed by atoms with Gasteiger partial charge in [0.1, 0.15) is 5.84 Å². The molecule has 0 radical (unpaired) electrons. The maximum atomic E-state index is 14.5. The van der Waals surface area contributed by atoms with E-state index in [1.807, 2.05) is 17.0 Å². The number of piperidine rings is 1. The minimum atomic E-state index is -4.67. The number of anilines is 3. The van der Waals surface area contributed by atoms with Gasteiger partial charge in [-0.3, -0.25) is 20.4 Å². The largest absolute Gasteiger partial charge is 0.465 e. The van der Waals surface area contributed by atoms with E-state index >= 15 is 0 Å². The SMILES string of the molecule is COC(=O)c1ccc(N2CCC(COC3CN(c4cc5c(c(C(F)(F)F)c4)CN(c4cccc(C6(CC(=N)N(C)C=N)COC6)c4)C5=O)C3)CC2)cc1C=O. The Morgan fingerprint density at radius 1 is 1.04 bits per heavy atom. The first-order chi connectivity index (χ1) is 26.3. The second-order valence-electron chi connectivity index (χ2n) is 14.8. The summed E-state index contributed by atoms with van der Waals surface area (Å²) in [4.78, 5) is 44.1. The van der Waals surface area contributed by atoms with E-state index in [1.54, 1.807) is 43.4 Å². The van der Waals surface area contributed by atoms with Crippen LogP contribution in [-0.4, -0.2) is 101 Å². The number of carbonyl (C=O) groups is 3. The van der Waals surface area contributed by atoms with Gasteiger partial charge in [-0.1, -0.05) is 12.1 Å². The van der Waals surface area contributed by atoms with E-state index in [9.17, 15) is 27.6 Å². The van der Waals surface area contributed by atoms with Crippen LogP contribution >= 0.6 is 0 Å². The Bertz CT molecular complexity index is 2010. The van der Waals surface area contributed by atoms with Crippen molar-refractivity contribution in [2.45, 2.75) is 43.5 Å². The second-order valence-corrected chi connectivity index (χ2v) is 14.8. The maximum Gasteiger partial charge on any atom is 0.416 e. The third kappa shape index (κ3) is 7.42. The highest BCUT2D eigenvalue weighted by Crippen LogP contribution is 2.43. The molecule has 1 amide bonds. The molecular formula is C40H43F3N6O6. The molecule has 0 atom stereocenters. The number of methoxy groups -OCH3 is 1. The van der Waals surface area contributed by atoms with E-state index in [0.29, 0.717) is 62.9 Å². The number of fused-ring (bicyclic) bond motifs is 1. The zero-order valence-electron chi connectivity index (χ0n) is 30.7. The molecule has 0 saturated carbocycles. The first kappa shape index (κ1) is 38.0. The number of esters is 1. The molecule has 4 aliphatic heterocycles. The van der Waals surface area contributed by atoms with Crippen LogP contribution in [0.4, 0.5) is 30.2 Å². The molecular weight excluding hydrogens is 717 g/mol. The van der Waals surface area contributed by atoms with Crippen LogP contribution in [0, 0.1) is 16.7 Å². The van der Waals surface area contributed by atoms with Crippen LogP contribution < -0.4 is 14.7 Å². The third-order valence-corrected chi connectivity index (χ3v) is 11.3. The van der Waals surface area contributed by atoms with Gasteiger partial charge < -0.3 is 33.8 Å². The average molecular weight is 761 g/mol. The number of nitrogens with zero attached hydrogens (tertiary/aromatic N) is 4. The van der Waals surface area contributed by atoms with E-state index in [4.69, 9.17) is 25.0 Å². The van der Waals surface area contributed by atoms with E-state index in [2.05, 4.69) is 4.90 Å². The number of hydrogen-bond acceptors (Lipinski definition) is 10. The van der Waals surface area contributed by atoms with Gasteiger partial charge in [0.2, 0.25) is 0 Å². The van der Waals surface area contributed by atoms with Crippen molar-refractivity contribution in [1.29, 1.82) is 10.8 Å². The molecule has 0 aromatic heterocycles. The van der Waals surface area contributed by atoms with Crippen molar-refractivity contribution in [3.05, 3.63) is 88.0 Å². The number of amides is 1. The molecule has 3 aromatic carbocycles. The summed E-state index contributed by atoms with van der Waals surface area (Å²) < 4.78 is 60.1. The molecule has 2 N–H and O–H groups in total. The molecule has 4 heterocycles. The van der Waals surface area contributed by atoms with Crippen LogP contribution in [0.2, 0.25) is 0 Å². The highest BCUT2D eigenvalue weighted by molar-refractivity contribution is 6.11. The molecule has 0 aliphatic carbocycles. The monoisotopic (exact) mass is 760 g/mol. The zero-order chi connectivity index (χ0) is 39.1. The van der Waals surface area contributed by atoms with Crippen molar-refractivity contribution >= 4 is 47.4 Å². The molecule has 7 rings (SSSR count). The number of aldehydes is 1. The van der Waals surface area contributed by atoms with Crippen LogP contribution in [0.5, 0.6) is 0 Å². The first-order valence-corrected chi connectivity index (χ1v) is 18.2. The predicted molar refractivity (Wildman–Crippen MR) is 200 cm³/mol. The summed E-state index contributed by atoms with van der Waals surface area (Å²) in [6, 6.07) is 15.0. The fourth-order valence-corrected chi connectivity index (χ4v) is 7.81. The summed E-state index contributed by atoms with van der Waals surface area (Å²) in [6.07, 6.45) is -1.10. The summed E-state index contributed by atoms with van der Waals surface area (Å²) >= 11 is 0. The van der Waals surface area contributed by atoms with Crippen LogP contribution in [0.3, 0.4) is 0 Å². The Balaban J connectivity index is 0.975. The highest BCUT2D eigenvalue weighted by atomic mass is 19.4. The highest BCUT2D eigenvalue weighted by Gasteiger charge is 2.44. The van der Waals surface area contributed by atoms with Gasteiger partial charge >= 0.3 is 12.1 Å². The zero-order valence-corrected chi connectivity index (χ0v) is 30.7. The van der Waals surface area contributed by atoms with Crippen LogP contribution in [0.1, 0.15) is 67.0 Å². The Morgan fingerprint density at radius 3 is 2.42 bits per heavy atom. The van der Waals surface area contributed by atoms with Gasteiger partial charge in [0.25, 0.3) is 5.91 Å². The number of halogens is 3. The first-order valence-electron chi connectivity index (χ1n) is 18.2. The molecule has 55 heavy (non-hydrogen) atoms. The number of hydrogen-bond donors (Lipinski definition) is 2. The van der Waals surface area contributed by atoms with Crippen LogP contribution in [0.15, 0.2) is 54.6 Å². The summed E-state index contributed by atoms with van der Waals surface area (Å²) in [5, 5.41) is 15.9. The summed E-state index contributed by atoms with van der Waals surface area (Å²) in [6.45, 7) is 3.30. The normalized spacial score (nSPS) is 18.3. The van der Waals surface area contributed by atoms with Gasteiger partial charge in [0.05, 0.1) is 57.0 Å². The molecule has 3 aromatic rings. The fraction of sp³-hybridized carbons (Fsp3) is 0.425. The lowest BCUT2D eigenvalue weighted by atomic mass is 9.75. The number of amidine groups is 1. The van der Waals surface area contributed by atoms with Crippen molar-refractivity contribution in [2.24, 2.45) is 5.92 Å². The molecule has 3 saturated heterocycles. The minimum Gasteiger partial charge on any atom is -0.465 e. The average Bonchev–Trinajstić information content (AvgIpc) is 3.49. The molecule has 4 aliphatic rings. The van der Waals surface area contributed by atoms with Crippen LogP contribution in [-0.2, 0) is 32.3 Å². The van der Waals surface area contributed by atoms with Gasteiger partial charge in [-0.05, 0) is 72.4 Å². The molecule has 0 bridgehead atoms. The third-order valence-electron chi connectivity index (χ3n) is 11.3. The number of ether oxygens (including phenoxy) is 3. The Morgan fingerprint density at radius 2 is 1.78 bits per heavy atom. The Kier molecular flexibility index (Phi) is 10.4. The van der Waals surface area contributed by atoms with Gasteiger partial charge in [0.15, 0.2) is 6.29 Å². The van der Waals surface area contributed by atoms with Crippen molar-refractivity contribution < 1.29 is 41.8 Å². The maximum absolute atomic E-state index is 14.5. The minimum absolute atomic E-state index is 0.0302. The van der Waals surface area contributed by atoms with Crippen molar-refractivity contribution in [2.75, 3.05) is 74.9 Å².